The Bertz CT molecular complexity index is 639. The molecule has 0 aliphatic carbocycles. The molecule has 98 valence electrons. The zero-order valence-electron chi connectivity index (χ0n) is 11.0. The van der Waals surface area contributed by atoms with E-state index in [9.17, 15) is 4.79 Å². The maximum absolute atomic E-state index is 12.3. The zero-order chi connectivity index (χ0) is 13.4. The minimum absolute atomic E-state index is 0.0156. The molecule has 0 saturated carbocycles. The molecule has 2 aromatic carbocycles. The van der Waals surface area contributed by atoms with Crippen molar-refractivity contribution in [2.45, 2.75) is 6.10 Å². The van der Waals surface area contributed by atoms with Gasteiger partial charge >= 0.3 is 0 Å². The molecule has 3 rings (SSSR count). The van der Waals surface area contributed by atoms with Crippen LogP contribution in [0, 0.1) is 0 Å². The molecule has 4 nitrogen and oxygen atoms in total. The Balaban J connectivity index is 2.16. The van der Waals surface area contributed by atoms with E-state index in [-0.39, 0.29) is 5.91 Å². The van der Waals surface area contributed by atoms with Crippen molar-refractivity contribution in [3.8, 4) is 5.75 Å². The van der Waals surface area contributed by atoms with E-state index in [1.807, 2.05) is 43.4 Å². The number of ether oxygens (including phenoxy) is 1. The van der Waals surface area contributed by atoms with Crippen LogP contribution in [0.25, 0.3) is 10.8 Å². The molecule has 0 spiro atoms. The first-order valence-corrected chi connectivity index (χ1v) is 6.33. The number of carbonyl (C=O) groups excluding carboxylic acids is 1. The van der Waals surface area contributed by atoms with E-state index in [1.165, 1.54) is 0 Å². The molecule has 0 radical (unpaired) electrons. The largest absolute Gasteiger partial charge is 0.477 e. The maximum Gasteiger partial charge on any atom is 0.269 e. The summed E-state index contributed by atoms with van der Waals surface area (Å²) in [6.45, 7) is 0.509. The third-order valence-electron chi connectivity index (χ3n) is 3.46. The van der Waals surface area contributed by atoms with E-state index in [0.717, 1.165) is 22.2 Å². The summed E-state index contributed by atoms with van der Waals surface area (Å²) in [4.78, 5) is 14.0. The SMILES string of the molecule is CNCC1Oc2ccc3ccccc3c2N(C)C1=O. The zero-order valence-corrected chi connectivity index (χ0v) is 11.0. The van der Waals surface area contributed by atoms with Gasteiger partial charge in [0.05, 0.1) is 5.69 Å². The molecule has 1 aliphatic rings. The quantitative estimate of drug-likeness (QED) is 0.890. The van der Waals surface area contributed by atoms with E-state index in [1.54, 1.807) is 11.9 Å². The molecule has 1 atom stereocenters. The summed E-state index contributed by atoms with van der Waals surface area (Å²) < 4.78 is 5.81. The van der Waals surface area contributed by atoms with Crippen molar-refractivity contribution in [1.29, 1.82) is 0 Å². The predicted octanol–water partition coefficient (Wildman–Crippen LogP) is 1.78. The van der Waals surface area contributed by atoms with Gasteiger partial charge in [-0.25, -0.2) is 0 Å². The van der Waals surface area contributed by atoms with Gasteiger partial charge in [0.1, 0.15) is 5.75 Å². The van der Waals surface area contributed by atoms with Crippen molar-refractivity contribution in [1.82, 2.24) is 5.32 Å². The summed E-state index contributed by atoms with van der Waals surface area (Å²) in [7, 11) is 3.62. The van der Waals surface area contributed by atoms with Crippen LogP contribution < -0.4 is 15.0 Å². The fourth-order valence-corrected chi connectivity index (χ4v) is 2.52. The molecule has 19 heavy (non-hydrogen) atoms. The summed E-state index contributed by atoms with van der Waals surface area (Å²) in [5.41, 5.74) is 0.857. The van der Waals surface area contributed by atoms with Crippen LogP contribution in [0.15, 0.2) is 36.4 Å². The van der Waals surface area contributed by atoms with Gasteiger partial charge in [0.25, 0.3) is 5.91 Å². The van der Waals surface area contributed by atoms with Crippen molar-refractivity contribution in [2.75, 3.05) is 25.5 Å². The van der Waals surface area contributed by atoms with Gasteiger partial charge in [-0.15, -0.1) is 0 Å². The van der Waals surface area contributed by atoms with E-state index < -0.39 is 6.10 Å². The summed E-state index contributed by atoms with van der Waals surface area (Å²) in [6.07, 6.45) is -0.455. The summed E-state index contributed by atoms with van der Waals surface area (Å²) in [5, 5.41) is 5.13. The average Bonchev–Trinajstić information content (AvgIpc) is 2.44. The van der Waals surface area contributed by atoms with Gasteiger partial charge in [-0.1, -0.05) is 30.3 Å². The van der Waals surface area contributed by atoms with Crippen LogP contribution in [-0.2, 0) is 4.79 Å². The number of anilines is 1. The van der Waals surface area contributed by atoms with E-state index in [0.29, 0.717) is 6.54 Å². The second-order valence-corrected chi connectivity index (χ2v) is 4.69. The smallest absolute Gasteiger partial charge is 0.269 e. The van der Waals surface area contributed by atoms with E-state index in [2.05, 4.69) is 5.32 Å². The standard InChI is InChI=1S/C15H16N2O2/c1-16-9-13-15(18)17(2)14-11-6-4-3-5-10(11)7-8-12(14)19-13/h3-8,13,16H,9H2,1-2H3. The van der Waals surface area contributed by atoms with Crippen molar-refractivity contribution < 1.29 is 9.53 Å². The number of carbonyl (C=O) groups is 1. The van der Waals surface area contributed by atoms with Crippen molar-refractivity contribution in [3.05, 3.63) is 36.4 Å². The number of nitrogens with zero attached hydrogens (tertiary/aromatic N) is 1. The molecule has 1 unspecified atom stereocenters. The molecule has 0 fully saturated rings. The van der Waals surface area contributed by atoms with Gasteiger partial charge in [-0.3, -0.25) is 4.79 Å². The molecule has 0 bridgehead atoms. The lowest BCUT2D eigenvalue weighted by atomic mass is 10.1. The second-order valence-electron chi connectivity index (χ2n) is 4.69. The summed E-state index contributed by atoms with van der Waals surface area (Å²) in [5.74, 6) is 0.749. The highest BCUT2D eigenvalue weighted by atomic mass is 16.5. The number of likely N-dealkylation sites (N-methyl/N-ethyl adjacent to an activating group) is 2. The molecule has 1 heterocycles. The summed E-state index contributed by atoms with van der Waals surface area (Å²) >= 11 is 0. The lowest BCUT2D eigenvalue weighted by Crippen LogP contribution is -2.48. The Hall–Kier alpha value is -2.07. The van der Waals surface area contributed by atoms with Gasteiger partial charge in [0.15, 0.2) is 6.10 Å². The molecule has 0 aromatic heterocycles. The Kier molecular flexibility index (Phi) is 2.87. The van der Waals surface area contributed by atoms with Gasteiger partial charge < -0.3 is 15.0 Å². The monoisotopic (exact) mass is 256 g/mol. The highest BCUT2D eigenvalue weighted by molar-refractivity contribution is 6.08. The van der Waals surface area contributed by atoms with Crippen molar-refractivity contribution in [3.63, 3.8) is 0 Å². The van der Waals surface area contributed by atoms with Crippen LogP contribution in [0.1, 0.15) is 0 Å². The van der Waals surface area contributed by atoms with Crippen LogP contribution in [0.3, 0.4) is 0 Å². The van der Waals surface area contributed by atoms with E-state index >= 15 is 0 Å². The highest BCUT2D eigenvalue weighted by Gasteiger charge is 2.32. The predicted molar refractivity (Wildman–Crippen MR) is 75.7 cm³/mol. The minimum atomic E-state index is -0.455. The Morgan fingerprint density at radius 2 is 2.05 bits per heavy atom. The first-order valence-electron chi connectivity index (χ1n) is 6.33. The topological polar surface area (TPSA) is 41.6 Å². The van der Waals surface area contributed by atoms with Gasteiger partial charge in [0, 0.05) is 19.0 Å². The Labute approximate surface area is 112 Å². The van der Waals surface area contributed by atoms with Crippen molar-refractivity contribution in [2.24, 2.45) is 0 Å². The molecule has 1 N–H and O–H groups in total. The first-order chi connectivity index (χ1) is 9.22. The third kappa shape index (κ3) is 1.85. The van der Waals surface area contributed by atoms with Gasteiger partial charge in [-0.2, -0.15) is 0 Å². The van der Waals surface area contributed by atoms with Crippen LogP contribution >= 0.6 is 0 Å². The lowest BCUT2D eigenvalue weighted by Gasteiger charge is -2.32. The molecule has 2 aromatic rings. The Morgan fingerprint density at radius 1 is 1.26 bits per heavy atom. The number of amides is 1. The fourth-order valence-electron chi connectivity index (χ4n) is 2.52. The molecule has 4 heteroatoms. The summed E-state index contributed by atoms with van der Waals surface area (Å²) in [6, 6.07) is 12.0. The number of benzene rings is 2. The normalized spacial score (nSPS) is 18.3. The highest BCUT2D eigenvalue weighted by Crippen LogP contribution is 2.39. The van der Waals surface area contributed by atoms with Crippen LogP contribution in [0.5, 0.6) is 5.75 Å². The maximum atomic E-state index is 12.3. The minimum Gasteiger partial charge on any atom is -0.477 e. The number of hydrogen-bond acceptors (Lipinski definition) is 3. The van der Waals surface area contributed by atoms with E-state index in [4.69, 9.17) is 4.74 Å². The van der Waals surface area contributed by atoms with Crippen molar-refractivity contribution >= 4 is 22.4 Å². The third-order valence-corrected chi connectivity index (χ3v) is 3.46. The van der Waals surface area contributed by atoms with Crippen LogP contribution in [0.2, 0.25) is 0 Å². The fraction of sp³-hybridized carbons (Fsp3) is 0.267. The number of rotatable bonds is 2. The molecular weight excluding hydrogens is 240 g/mol. The van der Waals surface area contributed by atoms with Crippen LogP contribution in [0.4, 0.5) is 5.69 Å². The number of nitrogens with one attached hydrogen (secondary N) is 1. The molecule has 1 amide bonds. The van der Waals surface area contributed by atoms with Gasteiger partial charge in [-0.05, 0) is 18.5 Å². The lowest BCUT2D eigenvalue weighted by molar-refractivity contribution is -0.125. The molecule has 1 aliphatic heterocycles. The average molecular weight is 256 g/mol. The number of hydrogen-bond donors (Lipinski definition) is 1. The molecule has 0 saturated heterocycles. The second kappa shape index (κ2) is 4.55. The number of fused-ring (bicyclic) bond motifs is 3. The van der Waals surface area contributed by atoms with Gasteiger partial charge in [0.2, 0.25) is 0 Å². The Morgan fingerprint density at radius 3 is 2.84 bits per heavy atom. The molecular formula is C15H16N2O2. The van der Waals surface area contributed by atoms with Crippen LogP contribution in [-0.4, -0.2) is 32.7 Å². The first kappa shape index (κ1) is 12.0.